The van der Waals surface area contributed by atoms with E-state index in [4.69, 9.17) is 9.47 Å². The predicted octanol–water partition coefficient (Wildman–Crippen LogP) is 0.632. The number of aliphatic hydroxyl groups is 6. The number of hydrogen-bond acceptors (Lipinski definition) is 8. The van der Waals surface area contributed by atoms with Gasteiger partial charge in [0.15, 0.2) is 6.29 Å². The van der Waals surface area contributed by atoms with Crippen molar-refractivity contribution in [2.24, 2.45) is 28.6 Å². The fraction of sp³-hybridized carbons (Fsp3) is 0.846. The summed E-state index contributed by atoms with van der Waals surface area (Å²) in [5.41, 5.74) is -0.261. The van der Waals surface area contributed by atoms with Gasteiger partial charge in [0.2, 0.25) is 0 Å². The molecule has 0 aromatic heterocycles. The highest BCUT2D eigenvalue weighted by atomic mass is 16.7. The first kappa shape index (κ1) is 24.8. The number of hydrogen-bond donors (Lipinski definition) is 6. The largest absolute Gasteiger partial charge is 0.394 e. The third kappa shape index (κ3) is 3.20. The van der Waals surface area contributed by atoms with Crippen LogP contribution >= 0.6 is 0 Å². The molecule has 8 heteroatoms. The van der Waals surface area contributed by atoms with Gasteiger partial charge in [-0.05, 0) is 56.3 Å². The van der Waals surface area contributed by atoms with Gasteiger partial charge < -0.3 is 40.1 Å². The summed E-state index contributed by atoms with van der Waals surface area (Å²) in [5, 5.41) is 64.1. The Balaban J connectivity index is 1.45. The third-order valence-corrected chi connectivity index (χ3v) is 10.2. The molecule has 6 N–H and O–H groups in total. The van der Waals surface area contributed by atoms with Gasteiger partial charge in [-0.1, -0.05) is 37.6 Å². The van der Waals surface area contributed by atoms with Crippen LogP contribution in [0.25, 0.3) is 0 Å². The maximum atomic E-state index is 12.2. The Bertz CT molecular complexity index is 869. The van der Waals surface area contributed by atoms with Crippen molar-refractivity contribution in [2.75, 3.05) is 6.61 Å². The van der Waals surface area contributed by atoms with Gasteiger partial charge >= 0.3 is 0 Å². The number of ether oxygens (including phenoxy) is 2. The van der Waals surface area contributed by atoms with Crippen LogP contribution in [0.1, 0.15) is 52.9 Å². The van der Waals surface area contributed by atoms with E-state index in [9.17, 15) is 30.6 Å². The van der Waals surface area contributed by atoms with Gasteiger partial charge in [0.25, 0.3) is 0 Å². The molecule has 0 aromatic carbocycles. The summed E-state index contributed by atoms with van der Waals surface area (Å²) in [6.45, 7) is 9.81. The zero-order chi connectivity index (χ0) is 24.8. The Kier molecular flexibility index (Phi) is 5.90. The summed E-state index contributed by atoms with van der Waals surface area (Å²) >= 11 is 0. The first-order valence-electron chi connectivity index (χ1n) is 12.6. The summed E-state index contributed by atoms with van der Waals surface area (Å²) in [5.74, 6) is 0.318. The van der Waals surface area contributed by atoms with E-state index in [1.54, 1.807) is 0 Å². The molecule has 4 aliphatic carbocycles. The minimum Gasteiger partial charge on any atom is -0.394 e. The Labute approximate surface area is 200 Å². The van der Waals surface area contributed by atoms with E-state index < -0.39 is 66.5 Å². The molecule has 1 spiro atoms. The topological polar surface area (TPSA) is 140 Å². The molecule has 0 amide bonds. The van der Waals surface area contributed by atoms with Crippen LogP contribution in [-0.2, 0) is 9.47 Å². The molecule has 0 aromatic rings. The predicted molar refractivity (Wildman–Crippen MR) is 122 cm³/mol. The van der Waals surface area contributed by atoms with E-state index >= 15 is 0 Å². The van der Waals surface area contributed by atoms with Gasteiger partial charge in [-0.3, -0.25) is 0 Å². The lowest BCUT2D eigenvalue weighted by Gasteiger charge is -2.47. The maximum absolute atomic E-state index is 12.2. The van der Waals surface area contributed by atoms with Crippen molar-refractivity contribution in [3.8, 4) is 0 Å². The van der Waals surface area contributed by atoms with Crippen LogP contribution < -0.4 is 0 Å². The van der Waals surface area contributed by atoms with Gasteiger partial charge in [0.1, 0.15) is 30.0 Å². The van der Waals surface area contributed by atoms with E-state index in [2.05, 4.69) is 19.6 Å². The van der Waals surface area contributed by atoms with Crippen molar-refractivity contribution in [2.45, 2.75) is 101 Å². The maximum Gasteiger partial charge on any atom is 0.186 e. The summed E-state index contributed by atoms with van der Waals surface area (Å²) < 4.78 is 11.7. The summed E-state index contributed by atoms with van der Waals surface area (Å²) in [6.07, 6.45) is -2.26. The van der Waals surface area contributed by atoms with Crippen molar-refractivity contribution < 1.29 is 40.1 Å². The molecule has 1 unspecified atom stereocenters. The van der Waals surface area contributed by atoms with Crippen LogP contribution in [0.2, 0.25) is 0 Å². The quantitative estimate of drug-likeness (QED) is 0.323. The zero-order valence-corrected chi connectivity index (χ0v) is 20.3. The monoisotopic (exact) mass is 480 g/mol. The van der Waals surface area contributed by atoms with Crippen LogP contribution in [0.4, 0.5) is 0 Å². The SMILES string of the molecule is C=C1[C@@H]2CCC3C[C@]2(C=C3C)C[C@@H](O)[C@@]2(O)[C@H]1C[C@H](O[C@@H]1O[C@H](CO)[C@@H](O)[C@H](O)[C@H]1O)C2(C)C. The molecule has 192 valence electrons. The van der Waals surface area contributed by atoms with Gasteiger partial charge in [0.05, 0.1) is 18.8 Å². The van der Waals surface area contributed by atoms with Gasteiger partial charge in [0, 0.05) is 11.3 Å². The molecular formula is C26H40O8. The van der Waals surface area contributed by atoms with Crippen molar-refractivity contribution >= 4 is 0 Å². The van der Waals surface area contributed by atoms with Gasteiger partial charge in [-0.15, -0.1) is 0 Å². The molecule has 5 rings (SSSR count). The number of rotatable bonds is 3. The lowest BCUT2D eigenvalue weighted by molar-refractivity contribution is -0.321. The first-order valence-corrected chi connectivity index (χ1v) is 12.6. The van der Waals surface area contributed by atoms with E-state index in [1.165, 1.54) is 5.57 Å². The average molecular weight is 481 g/mol. The van der Waals surface area contributed by atoms with Crippen molar-refractivity contribution in [3.63, 3.8) is 0 Å². The first-order chi connectivity index (χ1) is 15.9. The van der Waals surface area contributed by atoms with Gasteiger partial charge in [-0.2, -0.15) is 0 Å². The van der Waals surface area contributed by atoms with E-state index in [1.807, 2.05) is 13.8 Å². The van der Waals surface area contributed by atoms with Crippen molar-refractivity contribution in [1.82, 2.24) is 0 Å². The molecule has 1 saturated heterocycles. The second-order valence-electron chi connectivity index (χ2n) is 12.1. The fourth-order valence-corrected chi connectivity index (χ4v) is 8.13. The molecule has 1 heterocycles. The van der Waals surface area contributed by atoms with E-state index in [-0.39, 0.29) is 11.3 Å². The van der Waals surface area contributed by atoms with Crippen LogP contribution in [0, 0.1) is 28.6 Å². The Morgan fingerprint density at radius 1 is 1.06 bits per heavy atom. The molecule has 12 atom stereocenters. The molecule has 2 bridgehead atoms. The molecule has 8 nitrogen and oxygen atoms in total. The highest BCUT2D eigenvalue weighted by Crippen LogP contribution is 2.66. The molecule has 34 heavy (non-hydrogen) atoms. The van der Waals surface area contributed by atoms with Crippen LogP contribution in [0.5, 0.6) is 0 Å². The smallest absolute Gasteiger partial charge is 0.186 e. The highest BCUT2D eigenvalue weighted by molar-refractivity contribution is 5.35. The molecular weight excluding hydrogens is 440 g/mol. The standard InChI is InChI=1S/C26H40O8/c1-12-8-25-9-14(12)5-6-15(25)13(2)16-7-19(24(3,4)26(16,32)18(28)10-25)34-23-22(31)21(30)20(29)17(11-27)33-23/h8,14-23,27-32H,2,5-7,9-11H2,1,3-4H3/t14?,15-,16-,17+,18+,19-,20+,21-,22+,23-,25+,26-/m0/s1. The van der Waals surface area contributed by atoms with Crippen LogP contribution in [0.15, 0.2) is 23.8 Å². The van der Waals surface area contributed by atoms with Gasteiger partial charge in [-0.25, -0.2) is 0 Å². The molecule has 5 aliphatic rings. The Hall–Kier alpha value is -0.840. The number of fused-ring (bicyclic) bond motifs is 2. The zero-order valence-electron chi connectivity index (χ0n) is 20.3. The Morgan fingerprint density at radius 3 is 2.44 bits per heavy atom. The minimum absolute atomic E-state index is 0.173. The number of allylic oxidation sites excluding steroid dienone is 2. The second-order valence-corrected chi connectivity index (χ2v) is 12.1. The normalized spacial score (nSPS) is 54.3. The van der Waals surface area contributed by atoms with Crippen LogP contribution in [0.3, 0.4) is 0 Å². The van der Waals surface area contributed by atoms with Crippen molar-refractivity contribution in [1.29, 1.82) is 0 Å². The third-order valence-electron chi connectivity index (χ3n) is 10.2. The lowest BCUT2D eigenvalue weighted by Crippen LogP contribution is -2.61. The molecule has 3 saturated carbocycles. The second kappa shape index (κ2) is 8.08. The highest BCUT2D eigenvalue weighted by Gasteiger charge is 2.69. The molecule has 4 fully saturated rings. The average Bonchev–Trinajstić information content (AvgIpc) is 3.12. The summed E-state index contributed by atoms with van der Waals surface area (Å²) in [7, 11) is 0. The summed E-state index contributed by atoms with van der Waals surface area (Å²) in [4.78, 5) is 0. The minimum atomic E-state index is -1.54. The van der Waals surface area contributed by atoms with E-state index in [0.29, 0.717) is 18.8 Å². The van der Waals surface area contributed by atoms with Crippen molar-refractivity contribution in [3.05, 3.63) is 23.8 Å². The fourth-order valence-electron chi connectivity index (χ4n) is 8.13. The van der Waals surface area contributed by atoms with E-state index in [0.717, 1.165) is 24.8 Å². The molecule has 1 aliphatic heterocycles. The number of aliphatic hydroxyl groups excluding tert-OH is 5. The summed E-state index contributed by atoms with van der Waals surface area (Å²) in [6, 6.07) is 0. The lowest BCUT2D eigenvalue weighted by atomic mass is 9.62. The Morgan fingerprint density at radius 2 is 1.76 bits per heavy atom. The molecule has 0 radical (unpaired) electrons. The van der Waals surface area contributed by atoms with Crippen LogP contribution in [-0.4, -0.2) is 85.8 Å².